The van der Waals surface area contributed by atoms with Gasteiger partial charge in [0.1, 0.15) is 36.5 Å². The van der Waals surface area contributed by atoms with E-state index >= 15 is 0 Å². The predicted octanol–water partition coefficient (Wildman–Crippen LogP) is 2.14. The van der Waals surface area contributed by atoms with Crippen LogP contribution in [0.1, 0.15) is 13.8 Å². The molecule has 0 aromatic carbocycles. The summed E-state index contributed by atoms with van der Waals surface area (Å²) in [6, 6.07) is 3.48. The first-order valence-corrected chi connectivity index (χ1v) is 7.48. The summed E-state index contributed by atoms with van der Waals surface area (Å²) in [5.41, 5.74) is -0.215. The average molecular weight is 344 g/mol. The Kier molecular flexibility index (Phi) is 12.6. The van der Waals surface area contributed by atoms with Crippen LogP contribution in [-0.4, -0.2) is 38.4 Å². The average Bonchev–Trinajstić information content (AvgIpc) is 2.62. The molecule has 0 aliphatic rings. The Morgan fingerprint density at radius 2 is 1.20 bits per heavy atom. The first-order valence-electron chi connectivity index (χ1n) is 7.48. The molecule has 7 heteroatoms. The first kappa shape index (κ1) is 21.8. The summed E-state index contributed by atoms with van der Waals surface area (Å²) in [5, 5.41) is 17.6. The van der Waals surface area contributed by atoms with E-state index in [4.69, 9.17) is 24.7 Å². The predicted molar refractivity (Wildman–Crippen MR) is 89.8 cm³/mol. The van der Waals surface area contributed by atoms with Crippen molar-refractivity contribution in [1.29, 1.82) is 10.5 Å². The van der Waals surface area contributed by atoms with Crippen molar-refractivity contribution in [2.24, 2.45) is 0 Å². The van der Waals surface area contributed by atoms with Crippen molar-refractivity contribution in [2.75, 3.05) is 26.4 Å². The monoisotopic (exact) mass is 344 g/mol. The van der Waals surface area contributed by atoms with Gasteiger partial charge in [0.05, 0.1) is 13.2 Å². The summed E-state index contributed by atoms with van der Waals surface area (Å²) in [4.78, 5) is 23.1. The maximum Gasteiger partial charge on any atom is 0.348 e. The second-order valence-electron chi connectivity index (χ2n) is 4.32. The van der Waals surface area contributed by atoms with Crippen LogP contribution < -0.4 is 0 Å². The molecule has 0 atom stereocenters. The van der Waals surface area contributed by atoms with Crippen molar-refractivity contribution in [3.63, 3.8) is 0 Å². The molecule has 0 aliphatic heterocycles. The standard InChI is InChI=1S/C18H20N2O5/c1-3-5-7-15(13-19)17(21)24-11-9-23-10-12-25-18(22)16(14-20)8-6-4-2/h3-8H,9-12H2,1-2H3/b5-3+,6-4+,15-7+,16-8+. The van der Waals surface area contributed by atoms with Crippen LogP contribution in [0.3, 0.4) is 0 Å². The van der Waals surface area contributed by atoms with E-state index in [1.165, 1.54) is 12.2 Å². The molecule has 0 fully saturated rings. The summed E-state index contributed by atoms with van der Waals surface area (Å²) < 4.78 is 14.9. The summed E-state index contributed by atoms with van der Waals surface area (Å²) in [7, 11) is 0. The molecule has 0 bridgehead atoms. The Balaban J connectivity index is 3.98. The number of ether oxygens (including phenoxy) is 3. The smallest absolute Gasteiger partial charge is 0.348 e. The van der Waals surface area contributed by atoms with E-state index in [2.05, 4.69) is 0 Å². The largest absolute Gasteiger partial charge is 0.459 e. The van der Waals surface area contributed by atoms with Gasteiger partial charge in [-0.3, -0.25) is 0 Å². The van der Waals surface area contributed by atoms with Gasteiger partial charge < -0.3 is 14.2 Å². The Bertz CT molecular complexity index is 589. The van der Waals surface area contributed by atoms with Gasteiger partial charge in [-0.25, -0.2) is 9.59 Å². The number of allylic oxidation sites excluding steroid dienone is 6. The van der Waals surface area contributed by atoms with Gasteiger partial charge >= 0.3 is 11.9 Å². The lowest BCUT2D eigenvalue weighted by molar-refractivity contribution is -0.141. The van der Waals surface area contributed by atoms with Gasteiger partial charge in [0.2, 0.25) is 0 Å². The Morgan fingerprint density at radius 1 is 0.800 bits per heavy atom. The number of carbonyl (C=O) groups excluding carboxylic acids is 2. The third kappa shape index (κ3) is 10.3. The van der Waals surface area contributed by atoms with Gasteiger partial charge in [0.15, 0.2) is 0 Å². The summed E-state index contributed by atoms with van der Waals surface area (Å²) >= 11 is 0. The van der Waals surface area contributed by atoms with Crippen molar-refractivity contribution in [3.8, 4) is 12.1 Å². The van der Waals surface area contributed by atoms with E-state index in [1.807, 2.05) is 0 Å². The van der Waals surface area contributed by atoms with Crippen LogP contribution in [0, 0.1) is 22.7 Å². The molecule has 0 unspecified atom stereocenters. The van der Waals surface area contributed by atoms with E-state index in [9.17, 15) is 9.59 Å². The molecule has 0 rings (SSSR count). The highest BCUT2D eigenvalue weighted by atomic mass is 16.6. The van der Waals surface area contributed by atoms with Gasteiger partial charge in [-0.15, -0.1) is 0 Å². The van der Waals surface area contributed by atoms with Crippen LogP contribution in [0.5, 0.6) is 0 Å². The van der Waals surface area contributed by atoms with Crippen molar-refractivity contribution in [3.05, 3.63) is 47.6 Å². The van der Waals surface area contributed by atoms with E-state index in [0.717, 1.165) is 0 Å². The molecule has 0 aromatic heterocycles. The topological polar surface area (TPSA) is 109 Å². The van der Waals surface area contributed by atoms with Gasteiger partial charge in [-0.1, -0.05) is 24.3 Å². The molecular formula is C18H20N2O5. The molecule has 0 saturated carbocycles. The van der Waals surface area contributed by atoms with E-state index in [1.54, 1.807) is 50.3 Å². The Morgan fingerprint density at radius 3 is 1.52 bits per heavy atom. The van der Waals surface area contributed by atoms with Crippen molar-refractivity contribution >= 4 is 11.9 Å². The highest BCUT2D eigenvalue weighted by molar-refractivity contribution is 5.93. The molecule has 0 amide bonds. The SMILES string of the molecule is C/C=C/C=C(\C#N)C(=O)OCCOCCOC(=O)/C(C#N)=C/C=C/C. The highest BCUT2D eigenvalue weighted by Gasteiger charge is 2.10. The van der Waals surface area contributed by atoms with Crippen LogP contribution >= 0.6 is 0 Å². The van der Waals surface area contributed by atoms with E-state index < -0.39 is 11.9 Å². The van der Waals surface area contributed by atoms with Crippen LogP contribution in [0.25, 0.3) is 0 Å². The molecule has 0 N–H and O–H groups in total. The molecule has 25 heavy (non-hydrogen) atoms. The number of carbonyl (C=O) groups is 2. The molecule has 7 nitrogen and oxygen atoms in total. The molecule has 0 aromatic rings. The third-order valence-electron chi connectivity index (χ3n) is 2.51. The minimum atomic E-state index is -0.733. The van der Waals surface area contributed by atoms with Crippen LogP contribution in [0.4, 0.5) is 0 Å². The number of nitriles is 2. The quantitative estimate of drug-likeness (QED) is 0.196. The lowest BCUT2D eigenvalue weighted by Crippen LogP contribution is -2.15. The molecule has 0 radical (unpaired) electrons. The number of nitrogens with zero attached hydrogens (tertiary/aromatic N) is 2. The molecule has 132 valence electrons. The van der Waals surface area contributed by atoms with Crippen molar-refractivity contribution < 1.29 is 23.8 Å². The van der Waals surface area contributed by atoms with E-state index in [0.29, 0.717) is 0 Å². The van der Waals surface area contributed by atoms with E-state index in [-0.39, 0.29) is 37.6 Å². The fourth-order valence-corrected chi connectivity index (χ4v) is 1.33. The maximum atomic E-state index is 11.5. The fraction of sp³-hybridized carbons (Fsp3) is 0.333. The third-order valence-corrected chi connectivity index (χ3v) is 2.51. The zero-order chi connectivity index (χ0) is 18.9. The lowest BCUT2D eigenvalue weighted by Gasteiger charge is -2.06. The minimum Gasteiger partial charge on any atom is -0.459 e. The fourth-order valence-electron chi connectivity index (χ4n) is 1.33. The number of hydrogen-bond acceptors (Lipinski definition) is 7. The van der Waals surface area contributed by atoms with Gasteiger partial charge in [0.25, 0.3) is 0 Å². The zero-order valence-electron chi connectivity index (χ0n) is 14.2. The van der Waals surface area contributed by atoms with Gasteiger partial charge in [-0.05, 0) is 26.0 Å². The van der Waals surface area contributed by atoms with Crippen molar-refractivity contribution in [1.82, 2.24) is 0 Å². The summed E-state index contributed by atoms with van der Waals surface area (Å²) in [5.74, 6) is -1.47. The van der Waals surface area contributed by atoms with Gasteiger partial charge in [0, 0.05) is 0 Å². The van der Waals surface area contributed by atoms with Crippen LogP contribution in [-0.2, 0) is 23.8 Å². The maximum absolute atomic E-state index is 11.5. The highest BCUT2D eigenvalue weighted by Crippen LogP contribution is 1.99. The molecule has 0 aliphatic carbocycles. The number of hydrogen-bond donors (Lipinski definition) is 0. The second-order valence-corrected chi connectivity index (χ2v) is 4.32. The van der Waals surface area contributed by atoms with Crippen LogP contribution in [0.15, 0.2) is 47.6 Å². The van der Waals surface area contributed by atoms with Crippen molar-refractivity contribution in [2.45, 2.75) is 13.8 Å². The zero-order valence-corrected chi connectivity index (χ0v) is 14.2. The Hall–Kier alpha value is -3.16. The molecule has 0 spiro atoms. The second kappa shape index (κ2) is 14.4. The Labute approximate surface area is 147 Å². The minimum absolute atomic E-state index is 0.0354. The van der Waals surface area contributed by atoms with Crippen LogP contribution in [0.2, 0.25) is 0 Å². The number of rotatable bonds is 10. The number of esters is 2. The molecular weight excluding hydrogens is 324 g/mol. The summed E-state index contributed by atoms with van der Waals surface area (Å²) in [6.45, 7) is 3.62. The lowest BCUT2D eigenvalue weighted by atomic mass is 10.2. The molecule has 0 heterocycles. The summed E-state index contributed by atoms with van der Waals surface area (Å²) in [6.07, 6.45) is 9.20. The first-order chi connectivity index (χ1) is 12.1. The van der Waals surface area contributed by atoms with Gasteiger partial charge in [-0.2, -0.15) is 10.5 Å². The normalized spacial score (nSPS) is 12.0. The molecule has 0 saturated heterocycles.